The number of aliphatic hydroxyl groups is 1. The van der Waals surface area contributed by atoms with Gasteiger partial charge >= 0.3 is 0 Å². The highest BCUT2D eigenvalue weighted by Gasteiger charge is 2.42. The van der Waals surface area contributed by atoms with Gasteiger partial charge in [0, 0.05) is 31.6 Å². The van der Waals surface area contributed by atoms with E-state index in [-0.39, 0.29) is 30.4 Å². The van der Waals surface area contributed by atoms with E-state index in [4.69, 9.17) is 4.74 Å². The van der Waals surface area contributed by atoms with Crippen LogP contribution in [0.2, 0.25) is 0 Å². The van der Waals surface area contributed by atoms with Gasteiger partial charge in [-0.05, 0) is 25.8 Å². The number of benzene rings is 1. The van der Waals surface area contributed by atoms with Gasteiger partial charge in [-0.2, -0.15) is 0 Å². The number of aliphatic hydroxyl groups excluding tert-OH is 1. The van der Waals surface area contributed by atoms with Gasteiger partial charge < -0.3 is 19.6 Å². The van der Waals surface area contributed by atoms with Crippen LogP contribution in [0.5, 0.6) is 5.75 Å². The summed E-state index contributed by atoms with van der Waals surface area (Å²) >= 11 is 0. The molecule has 1 aromatic rings. The summed E-state index contributed by atoms with van der Waals surface area (Å²) in [5.41, 5.74) is 0.877. The third-order valence-corrected chi connectivity index (χ3v) is 5.30. The van der Waals surface area contributed by atoms with E-state index in [1.165, 1.54) is 0 Å². The number of carbonyl (C=O) groups excluding carboxylic acids is 2. The number of methoxy groups -OCH3 is 1. The molecule has 0 saturated carbocycles. The summed E-state index contributed by atoms with van der Waals surface area (Å²) in [5.74, 6) is 0.453. The summed E-state index contributed by atoms with van der Waals surface area (Å²) in [7, 11) is 1.61. The predicted octanol–water partition coefficient (Wildman–Crippen LogP) is 2.62. The Morgan fingerprint density at radius 1 is 1.33 bits per heavy atom. The number of nitrogens with zero attached hydrogens (tertiary/aromatic N) is 2. The first-order chi connectivity index (χ1) is 13.1. The minimum absolute atomic E-state index is 0.00328. The molecule has 1 heterocycles. The van der Waals surface area contributed by atoms with Crippen LogP contribution in [0.25, 0.3) is 0 Å². The lowest BCUT2D eigenvalue weighted by Gasteiger charge is -2.42. The molecule has 27 heavy (non-hydrogen) atoms. The highest BCUT2D eigenvalue weighted by molar-refractivity contribution is 5.85. The number of likely N-dealkylation sites (tertiary alicyclic amines) is 1. The van der Waals surface area contributed by atoms with E-state index in [1.54, 1.807) is 12.0 Å². The van der Waals surface area contributed by atoms with Gasteiger partial charge in [0.05, 0.1) is 25.7 Å². The van der Waals surface area contributed by atoms with Gasteiger partial charge in [-0.15, -0.1) is 0 Å². The van der Waals surface area contributed by atoms with Crippen LogP contribution in [0.4, 0.5) is 0 Å². The predicted molar refractivity (Wildman–Crippen MR) is 104 cm³/mol. The van der Waals surface area contributed by atoms with Crippen molar-refractivity contribution in [3.8, 4) is 5.75 Å². The molecule has 2 atom stereocenters. The lowest BCUT2D eigenvalue weighted by atomic mass is 9.82. The van der Waals surface area contributed by atoms with Crippen molar-refractivity contribution in [2.24, 2.45) is 5.92 Å². The maximum absolute atomic E-state index is 13.3. The minimum atomic E-state index is -0.339. The second-order valence-corrected chi connectivity index (χ2v) is 6.91. The largest absolute Gasteiger partial charge is 0.496 e. The molecule has 1 aliphatic heterocycles. The fraction of sp³-hybridized carbons (Fsp3) is 0.619. The van der Waals surface area contributed by atoms with Crippen molar-refractivity contribution in [3.63, 3.8) is 0 Å². The van der Waals surface area contributed by atoms with Gasteiger partial charge in [0.15, 0.2) is 0 Å². The Balaban J connectivity index is 2.46. The molecule has 1 aliphatic rings. The highest BCUT2D eigenvalue weighted by Crippen LogP contribution is 2.41. The van der Waals surface area contributed by atoms with E-state index < -0.39 is 0 Å². The molecule has 2 amide bonds. The highest BCUT2D eigenvalue weighted by atomic mass is 16.5. The number of amides is 2. The number of hydrogen-bond acceptors (Lipinski definition) is 4. The zero-order valence-corrected chi connectivity index (χ0v) is 16.7. The van der Waals surface area contributed by atoms with E-state index in [0.717, 1.165) is 18.4 Å². The lowest BCUT2D eigenvalue weighted by Crippen LogP contribution is -2.49. The second kappa shape index (κ2) is 10.3. The standard InChI is InChI=1S/C21H32N2O4/c1-4-6-13-23-19(25)12-11-17(21(26)22(5-2)14-15-24)20(23)16-9-7-8-10-18(16)27-3/h7-10,17,20,24H,4-6,11-15H2,1-3H3. The monoisotopic (exact) mass is 376 g/mol. The first-order valence-electron chi connectivity index (χ1n) is 9.90. The summed E-state index contributed by atoms with van der Waals surface area (Å²) in [6, 6.07) is 7.30. The maximum atomic E-state index is 13.3. The summed E-state index contributed by atoms with van der Waals surface area (Å²) in [6.45, 7) is 5.42. The molecule has 1 fully saturated rings. The summed E-state index contributed by atoms with van der Waals surface area (Å²) in [5, 5.41) is 9.31. The molecular formula is C21H32N2O4. The molecule has 0 bridgehead atoms. The van der Waals surface area contributed by atoms with E-state index in [9.17, 15) is 14.7 Å². The molecule has 2 rings (SSSR count). The van der Waals surface area contributed by atoms with Gasteiger partial charge in [0.25, 0.3) is 0 Å². The fourth-order valence-electron chi connectivity index (χ4n) is 3.88. The van der Waals surface area contributed by atoms with Crippen molar-refractivity contribution < 1.29 is 19.4 Å². The topological polar surface area (TPSA) is 70.1 Å². The molecule has 1 aromatic carbocycles. The Bertz CT molecular complexity index is 634. The first-order valence-corrected chi connectivity index (χ1v) is 9.90. The van der Waals surface area contributed by atoms with E-state index >= 15 is 0 Å². The summed E-state index contributed by atoms with van der Waals surface area (Å²) in [4.78, 5) is 29.5. The van der Waals surface area contributed by atoms with Crippen LogP contribution in [0.3, 0.4) is 0 Å². The van der Waals surface area contributed by atoms with Crippen LogP contribution in [0.15, 0.2) is 24.3 Å². The Hall–Kier alpha value is -2.08. The average Bonchev–Trinajstić information content (AvgIpc) is 2.70. The molecule has 6 heteroatoms. The van der Waals surface area contributed by atoms with Crippen LogP contribution in [-0.4, -0.2) is 60.1 Å². The minimum Gasteiger partial charge on any atom is -0.496 e. The molecule has 150 valence electrons. The second-order valence-electron chi connectivity index (χ2n) is 6.91. The van der Waals surface area contributed by atoms with E-state index in [0.29, 0.717) is 38.2 Å². The van der Waals surface area contributed by atoms with Crippen molar-refractivity contribution >= 4 is 11.8 Å². The van der Waals surface area contributed by atoms with E-state index in [2.05, 4.69) is 6.92 Å². The zero-order valence-electron chi connectivity index (χ0n) is 16.7. The SMILES string of the molecule is CCCCN1C(=O)CCC(C(=O)N(CC)CCO)C1c1ccccc1OC. The van der Waals surface area contributed by atoms with Crippen molar-refractivity contribution in [1.82, 2.24) is 9.80 Å². The number of hydrogen-bond donors (Lipinski definition) is 1. The van der Waals surface area contributed by atoms with Crippen LogP contribution in [0.1, 0.15) is 51.1 Å². The summed E-state index contributed by atoms with van der Waals surface area (Å²) < 4.78 is 5.55. The van der Waals surface area contributed by atoms with E-state index in [1.807, 2.05) is 36.1 Å². The van der Waals surface area contributed by atoms with Crippen LogP contribution < -0.4 is 4.74 Å². The quantitative estimate of drug-likeness (QED) is 0.719. The molecule has 1 saturated heterocycles. The average molecular weight is 376 g/mol. The van der Waals surface area contributed by atoms with Crippen molar-refractivity contribution in [3.05, 3.63) is 29.8 Å². The summed E-state index contributed by atoms with van der Waals surface area (Å²) in [6.07, 6.45) is 2.77. The molecule has 2 unspecified atom stereocenters. The maximum Gasteiger partial charge on any atom is 0.228 e. The van der Waals surface area contributed by atoms with Crippen LogP contribution >= 0.6 is 0 Å². The number of likely N-dealkylation sites (N-methyl/N-ethyl adjacent to an activating group) is 1. The van der Waals surface area contributed by atoms with Gasteiger partial charge in [-0.1, -0.05) is 31.5 Å². The molecule has 1 N–H and O–H groups in total. The number of carbonyl (C=O) groups is 2. The number of piperidine rings is 1. The molecule has 0 aromatic heterocycles. The number of para-hydroxylation sites is 1. The Morgan fingerprint density at radius 2 is 2.07 bits per heavy atom. The molecule has 0 radical (unpaired) electrons. The third-order valence-electron chi connectivity index (χ3n) is 5.30. The van der Waals surface area contributed by atoms with Gasteiger partial charge in [0.2, 0.25) is 11.8 Å². The normalized spacial score (nSPS) is 19.9. The van der Waals surface area contributed by atoms with Crippen LogP contribution in [0, 0.1) is 5.92 Å². The smallest absolute Gasteiger partial charge is 0.228 e. The van der Waals surface area contributed by atoms with Crippen molar-refractivity contribution in [2.45, 2.75) is 45.6 Å². The van der Waals surface area contributed by atoms with Crippen molar-refractivity contribution in [1.29, 1.82) is 0 Å². The van der Waals surface area contributed by atoms with Crippen LogP contribution in [-0.2, 0) is 9.59 Å². The fourth-order valence-corrected chi connectivity index (χ4v) is 3.88. The van der Waals surface area contributed by atoms with Gasteiger partial charge in [-0.3, -0.25) is 9.59 Å². The number of unbranched alkanes of at least 4 members (excludes halogenated alkanes) is 1. The Labute approximate surface area is 162 Å². The number of ether oxygens (including phenoxy) is 1. The molecular weight excluding hydrogens is 344 g/mol. The Morgan fingerprint density at radius 3 is 2.70 bits per heavy atom. The molecule has 6 nitrogen and oxygen atoms in total. The molecule has 0 spiro atoms. The van der Waals surface area contributed by atoms with Gasteiger partial charge in [0.1, 0.15) is 5.75 Å². The third kappa shape index (κ3) is 4.80. The number of rotatable bonds is 9. The lowest BCUT2D eigenvalue weighted by molar-refractivity contribution is -0.148. The Kier molecular flexibility index (Phi) is 8.10. The van der Waals surface area contributed by atoms with Gasteiger partial charge in [-0.25, -0.2) is 0 Å². The van der Waals surface area contributed by atoms with Crippen molar-refractivity contribution in [2.75, 3.05) is 33.4 Å². The molecule has 0 aliphatic carbocycles. The first kappa shape index (κ1) is 21.2. The zero-order chi connectivity index (χ0) is 19.8.